The maximum Gasteiger partial charge on any atom is 0.308 e. The quantitative estimate of drug-likeness (QED) is 0.458. The second-order valence-electron chi connectivity index (χ2n) is 3.50. The van der Waals surface area contributed by atoms with Crippen LogP contribution in [0.5, 0.6) is 5.75 Å². The largest absolute Gasteiger partial charge is 0.490 e. The molecule has 0 N–H and O–H groups in total. The predicted octanol–water partition coefficient (Wildman–Crippen LogP) is 1.98. The minimum absolute atomic E-state index is 0.0219. The Morgan fingerprint density at radius 2 is 2.17 bits per heavy atom. The van der Waals surface area contributed by atoms with Crippen LogP contribution in [0.3, 0.4) is 0 Å². The van der Waals surface area contributed by atoms with Crippen molar-refractivity contribution in [3.05, 3.63) is 33.6 Å². The fourth-order valence-corrected chi connectivity index (χ4v) is 1.30. The Kier molecular flexibility index (Phi) is 4.59. The summed E-state index contributed by atoms with van der Waals surface area (Å²) in [6.07, 6.45) is -0.0219. The molecule has 18 heavy (non-hydrogen) atoms. The Morgan fingerprint density at radius 1 is 1.50 bits per heavy atom. The summed E-state index contributed by atoms with van der Waals surface area (Å²) in [5, 5.41) is 10.6. The number of halogens is 1. The van der Waals surface area contributed by atoms with Gasteiger partial charge in [-0.2, -0.15) is 0 Å². The molecule has 6 nitrogen and oxygen atoms in total. The maximum absolute atomic E-state index is 13.5. The third-order valence-electron chi connectivity index (χ3n) is 2.24. The summed E-state index contributed by atoms with van der Waals surface area (Å²) in [7, 11) is 1.24. The van der Waals surface area contributed by atoms with Crippen molar-refractivity contribution in [3.63, 3.8) is 0 Å². The van der Waals surface area contributed by atoms with Gasteiger partial charge in [-0.1, -0.05) is 0 Å². The molecule has 0 aliphatic carbocycles. The van der Waals surface area contributed by atoms with Crippen LogP contribution in [-0.2, 0) is 9.53 Å². The second kappa shape index (κ2) is 5.95. The molecule has 0 fully saturated rings. The highest BCUT2D eigenvalue weighted by Crippen LogP contribution is 2.26. The number of nitro benzene ring substituents is 1. The highest BCUT2D eigenvalue weighted by atomic mass is 19.1. The summed E-state index contributed by atoms with van der Waals surface area (Å²) in [6.45, 7) is 1.42. The lowest BCUT2D eigenvalue weighted by molar-refractivity contribution is -0.385. The number of carbonyl (C=O) groups excluding carboxylic acids is 1. The number of ether oxygens (including phenoxy) is 2. The van der Waals surface area contributed by atoms with Crippen molar-refractivity contribution in [1.82, 2.24) is 0 Å². The number of methoxy groups -OCH3 is 1. The fourth-order valence-electron chi connectivity index (χ4n) is 1.30. The molecular formula is C11H12FNO5. The Labute approximate surface area is 102 Å². The number of aryl methyl sites for hydroxylation is 1. The Bertz CT molecular complexity index is 475. The molecule has 0 heterocycles. The molecule has 0 saturated carbocycles. The number of hydrogen-bond donors (Lipinski definition) is 0. The maximum atomic E-state index is 13.5. The van der Waals surface area contributed by atoms with Gasteiger partial charge in [0.15, 0.2) is 11.6 Å². The van der Waals surface area contributed by atoms with E-state index in [1.54, 1.807) is 0 Å². The average molecular weight is 257 g/mol. The van der Waals surface area contributed by atoms with Crippen LogP contribution in [0.25, 0.3) is 0 Å². The van der Waals surface area contributed by atoms with Crippen LogP contribution in [-0.4, -0.2) is 24.6 Å². The van der Waals surface area contributed by atoms with E-state index in [0.29, 0.717) is 0 Å². The number of rotatable bonds is 5. The van der Waals surface area contributed by atoms with Gasteiger partial charge >= 0.3 is 5.97 Å². The summed E-state index contributed by atoms with van der Waals surface area (Å²) in [5.74, 6) is -1.44. The molecule has 1 aromatic rings. The van der Waals surface area contributed by atoms with E-state index in [2.05, 4.69) is 4.74 Å². The van der Waals surface area contributed by atoms with E-state index in [1.165, 1.54) is 20.1 Å². The molecule has 7 heteroatoms. The van der Waals surface area contributed by atoms with Crippen molar-refractivity contribution in [1.29, 1.82) is 0 Å². The molecule has 0 aliphatic heterocycles. The van der Waals surface area contributed by atoms with E-state index in [-0.39, 0.29) is 30.0 Å². The van der Waals surface area contributed by atoms with Crippen LogP contribution in [0.2, 0.25) is 0 Å². The van der Waals surface area contributed by atoms with Crippen LogP contribution >= 0.6 is 0 Å². The first-order chi connectivity index (χ1) is 8.45. The molecule has 0 atom stereocenters. The van der Waals surface area contributed by atoms with Gasteiger partial charge in [-0.25, -0.2) is 4.39 Å². The van der Waals surface area contributed by atoms with Crippen LogP contribution in [0.15, 0.2) is 12.1 Å². The minimum atomic E-state index is -0.836. The number of carbonyl (C=O) groups is 1. The van der Waals surface area contributed by atoms with Gasteiger partial charge in [-0.05, 0) is 13.0 Å². The molecule has 0 amide bonds. The smallest absolute Gasteiger partial charge is 0.308 e. The summed E-state index contributed by atoms with van der Waals surface area (Å²) in [4.78, 5) is 20.7. The Morgan fingerprint density at radius 3 is 2.72 bits per heavy atom. The highest BCUT2D eigenvalue weighted by Gasteiger charge is 2.16. The zero-order valence-electron chi connectivity index (χ0n) is 9.94. The standard InChI is InChI=1S/C11H12FNO5/c1-7-5-10(18-4-3-11(14)17-2)8(12)6-9(7)13(15)16/h5-6H,3-4H2,1-2H3. The second-order valence-corrected chi connectivity index (χ2v) is 3.50. The van der Waals surface area contributed by atoms with Crippen LogP contribution in [0.4, 0.5) is 10.1 Å². The normalized spacial score (nSPS) is 9.94. The third-order valence-corrected chi connectivity index (χ3v) is 2.24. The predicted molar refractivity (Wildman–Crippen MR) is 59.9 cm³/mol. The van der Waals surface area contributed by atoms with Crippen molar-refractivity contribution in [3.8, 4) is 5.75 Å². The lowest BCUT2D eigenvalue weighted by Crippen LogP contribution is -2.08. The third kappa shape index (κ3) is 3.41. The van der Waals surface area contributed by atoms with Gasteiger partial charge in [0.05, 0.1) is 31.1 Å². The molecule has 0 spiro atoms. The molecule has 0 saturated heterocycles. The average Bonchev–Trinajstić information content (AvgIpc) is 2.32. The summed E-state index contributed by atoms with van der Waals surface area (Å²) >= 11 is 0. The zero-order chi connectivity index (χ0) is 13.7. The van der Waals surface area contributed by atoms with Crippen molar-refractivity contribution < 1.29 is 23.6 Å². The summed E-state index contributed by atoms with van der Waals surface area (Å²) in [6, 6.07) is 2.02. The van der Waals surface area contributed by atoms with Crippen LogP contribution in [0.1, 0.15) is 12.0 Å². The van der Waals surface area contributed by atoms with E-state index in [4.69, 9.17) is 4.74 Å². The first-order valence-electron chi connectivity index (χ1n) is 5.10. The van der Waals surface area contributed by atoms with Gasteiger partial charge < -0.3 is 9.47 Å². The Hall–Kier alpha value is -2.18. The van der Waals surface area contributed by atoms with Crippen molar-refractivity contribution in [2.45, 2.75) is 13.3 Å². The minimum Gasteiger partial charge on any atom is -0.490 e. The number of benzene rings is 1. The molecule has 98 valence electrons. The van der Waals surface area contributed by atoms with Crippen LogP contribution < -0.4 is 4.74 Å². The van der Waals surface area contributed by atoms with Crippen molar-refractivity contribution in [2.75, 3.05) is 13.7 Å². The molecular weight excluding hydrogens is 245 g/mol. The molecule has 0 unspecified atom stereocenters. The first-order valence-corrected chi connectivity index (χ1v) is 5.10. The zero-order valence-corrected chi connectivity index (χ0v) is 9.94. The summed E-state index contributed by atoms with van der Waals surface area (Å²) in [5.41, 5.74) is -0.0257. The topological polar surface area (TPSA) is 78.7 Å². The molecule has 0 radical (unpaired) electrons. The SMILES string of the molecule is COC(=O)CCOc1cc(C)c([N+](=O)[O-])cc1F. The van der Waals surface area contributed by atoms with E-state index in [9.17, 15) is 19.3 Å². The molecule has 1 rings (SSSR count). The molecule has 0 aliphatic rings. The van der Waals surface area contributed by atoms with E-state index in [0.717, 1.165) is 6.07 Å². The van der Waals surface area contributed by atoms with Gasteiger partial charge in [-0.15, -0.1) is 0 Å². The van der Waals surface area contributed by atoms with Gasteiger partial charge in [-0.3, -0.25) is 14.9 Å². The number of nitrogens with zero attached hydrogens (tertiary/aromatic N) is 1. The van der Waals surface area contributed by atoms with Crippen molar-refractivity contribution in [2.24, 2.45) is 0 Å². The molecule has 0 bridgehead atoms. The number of hydrogen-bond acceptors (Lipinski definition) is 5. The number of esters is 1. The van der Waals surface area contributed by atoms with Gasteiger partial charge in [0.1, 0.15) is 0 Å². The lowest BCUT2D eigenvalue weighted by Gasteiger charge is -2.07. The van der Waals surface area contributed by atoms with E-state index < -0.39 is 16.7 Å². The van der Waals surface area contributed by atoms with E-state index in [1.807, 2.05) is 0 Å². The monoisotopic (exact) mass is 257 g/mol. The van der Waals surface area contributed by atoms with Gasteiger partial charge in [0, 0.05) is 5.56 Å². The van der Waals surface area contributed by atoms with Gasteiger partial charge in [0.25, 0.3) is 5.69 Å². The summed E-state index contributed by atoms with van der Waals surface area (Å²) < 4.78 is 22.9. The number of nitro groups is 1. The molecule has 1 aromatic carbocycles. The van der Waals surface area contributed by atoms with Crippen LogP contribution in [0, 0.1) is 22.9 Å². The molecule has 0 aromatic heterocycles. The van der Waals surface area contributed by atoms with E-state index >= 15 is 0 Å². The fraction of sp³-hybridized carbons (Fsp3) is 0.364. The Balaban J connectivity index is 2.76. The van der Waals surface area contributed by atoms with Gasteiger partial charge in [0.2, 0.25) is 0 Å². The lowest BCUT2D eigenvalue weighted by atomic mass is 10.2. The van der Waals surface area contributed by atoms with Crippen molar-refractivity contribution >= 4 is 11.7 Å². The highest BCUT2D eigenvalue weighted by molar-refractivity contribution is 5.69. The first kappa shape index (κ1) is 13.9.